The minimum atomic E-state index is 0.114. The quantitative estimate of drug-likeness (QED) is 0.847. The summed E-state index contributed by atoms with van der Waals surface area (Å²) in [5, 5.41) is 9.74. The Morgan fingerprint density at radius 2 is 1.88 bits per heavy atom. The van der Waals surface area contributed by atoms with E-state index in [1.165, 1.54) is 12.8 Å². The number of phenolic OH excluding ortho intramolecular Hbond substituents is 1. The third-order valence-electron chi connectivity index (χ3n) is 3.64. The zero-order valence-corrected chi connectivity index (χ0v) is 10.2. The van der Waals surface area contributed by atoms with Gasteiger partial charge in [0.2, 0.25) is 0 Å². The van der Waals surface area contributed by atoms with E-state index in [2.05, 4.69) is 0 Å². The number of aromatic hydroxyl groups is 1. The minimum Gasteiger partial charge on any atom is -0.508 e. The fourth-order valence-corrected chi connectivity index (χ4v) is 2.57. The summed E-state index contributed by atoms with van der Waals surface area (Å²) in [6, 6.07) is 7.35. The van der Waals surface area contributed by atoms with Gasteiger partial charge in [-0.15, -0.1) is 0 Å². The molecule has 1 fully saturated rings. The van der Waals surface area contributed by atoms with E-state index in [1.54, 1.807) is 6.07 Å². The van der Waals surface area contributed by atoms with Gasteiger partial charge in [0.05, 0.1) is 0 Å². The lowest BCUT2D eigenvalue weighted by atomic mass is 9.85. The second-order valence-electron chi connectivity index (χ2n) is 4.95. The van der Waals surface area contributed by atoms with Crippen molar-refractivity contribution in [3.05, 3.63) is 29.8 Å². The number of ketones is 1. The van der Waals surface area contributed by atoms with Gasteiger partial charge in [-0.05, 0) is 30.9 Å². The Bertz CT molecular complexity index is 384. The van der Waals surface area contributed by atoms with Gasteiger partial charge in [0.25, 0.3) is 0 Å². The maximum atomic E-state index is 12.0. The van der Waals surface area contributed by atoms with Crippen LogP contribution in [0.4, 0.5) is 0 Å². The predicted molar refractivity (Wildman–Crippen MR) is 68.0 cm³/mol. The van der Waals surface area contributed by atoms with Gasteiger partial charge in [0.1, 0.15) is 11.5 Å². The molecule has 92 valence electrons. The second-order valence-corrected chi connectivity index (χ2v) is 4.95. The molecule has 0 saturated heterocycles. The van der Waals surface area contributed by atoms with Crippen LogP contribution in [0.1, 0.15) is 44.1 Å². The SMILES string of the molecule is O=C1CCCCCCC1Cc1ccccc1O. The topological polar surface area (TPSA) is 37.3 Å². The van der Waals surface area contributed by atoms with E-state index in [4.69, 9.17) is 0 Å². The molecule has 0 amide bonds. The number of hydrogen-bond donors (Lipinski definition) is 1. The number of para-hydroxylation sites is 1. The van der Waals surface area contributed by atoms with Gasteiger partial charge >= 0.3 is 0 Å². The Labute approximate surface area is 103 Å². The molecule has 0 aliphatic heterocycles. The van der Waals surface area contributed by atoms with Crippen molar-refractivity contribution in [1.29, 1.82) is 0 Å². The number of Topliss-reactive ketones (excluding diaryl/α,β-unsaturated/α-hetero) is 1. The average molecular weight is 232 g/mol. The molecule has 2 nitrogen and oxygen atoms in total. The van der Waals surface area contributed by atoms with E-state index in [0.717, 1.165) is 31.2 Å². The Kier molecular flexibility index (Phi) is 4.18. The molecule has 1 saturated carbocycles. The van der Waals surface area contributed by atoms with Gasteiger partial charge in [0, 0.05) is 12.3 Å². The number of hydrogen-bond acceptors (Lipinski definition) is 2. The molecule has 17 heavy (non-hydrogen) atoms. The summed E-state index contributed by atoms with van der Waals surface area (Å²) in [5.74, 6) is 0.818. The Morgan fingerprint density at radius 1 is 1.12 bits per heavy atom. The van der Waals surface area contributed by atoms with Crippen molar-refractivity contribution < 1.29 is 9.90 Å². The molecule has 1 aromatic rings. The molecule has 1 aromatic carbocycles. The summed E-state index contributed by atoms with van der Waals surface area (Å²) in [7, 11) is 0. The third-order valence-corrected chi connectivity index (χ3v) is 3.64. The van der Waals surface area contributed by atoms with Crippen LogP contribution in [0.25, 0.3) is 0 Å². The second kappa shape index (κ2) is 5.85. The molecule has 0 heterocycles. The van der Waals surface area contributed by atoms with Crippen molar-refractivity contribution in [2.45, 2.75) is 44.9 Å². The van der Waals surface area contributed by atoms with Gasteiger partial charge in [-0.2, -0.15) is 0 Å². The van der Waals surface area contributed by atoms with Crippen molar-refractivity contribution in [3.8, 4) is 5.75 Å². The minimum absolute atomic E-state index is 0.114. The standard InChI is InChI=1S/C15H20O2/c16-14-9-4-2-1-3-7-12(14)11-13-8-5-6-10-15(13)17/h5-6,8,10,12,17H,1-4,7,9,11H2. The van der Waals surface area contributed by atoms with Crippen LogP contribution in [0.5, 0.6) is 5.75 Å². The molecule has 1 atom stereocenters. The number of carbonyl (C=O) groups is 1. The normalized spacial score (nSPS) is 21.9. The molecule has 0 aromatic heterocycles. The Balaban J connectivity index is 2.05. The molecular formula is C15H20O2. The van der Waals surface area contributed by atoms with Crippen molar-refractivity contribution >= 4 is 5.78 Å². The largest absolute Gasteiger partial charge is 0.508 e. The summed E-state index contributed by atoms with van der Waals surface area (Å²) >= 11 is 0. The van der Waals surface area contributed by atoms with E-state index in [0.29, 0.717) is 18.0 Å². The van der Waals surface area contributed by atoms with Gasteiger partial charge in [-0.25, -0.2) is 0 Å². The first-order valence-electron chi connectivity index (χ1n) is 6.57. The van der Waals surface area contributed by atoms with Crippen LogP contribution in [0.3, 0.4) is 0 Å². The molecular weight excluding hydrogens is 212 g/mol. The monoisotopic (exact) mass is 232 g/mol. The van der Waals surface area contributed by atoms with Crippen LogP contribution in [-0.2, 0) is 11.2 Å². The molecule has 0 spiro atoms. The zero-order chi connectivity index (χ0) is 12.1. The van der Waals surface area contributed by atoms with Crippen LogP contribution >= 0.6 is 0 Å². The maximum Gasteiger partial charge on any atom is 0.136 e. The van der Waals surface area contributed by atoms with Gasteiger partial charge in [0.15, 0.2) is 0 Å². The highest BCUT2D eigenvalue weighted by molar-refractivity contribution is 5.81. The Hall–Kier alpha value is -1.31. The van der Waals surface area contributed by atoms with Crippen LogP contribution < -0.4 is 0 Å². The molecule has 2 heteroatoms. The van der Waals surface area contributed by atoms with E-state index < -0.39 is 0 Å². The van der Waals surface area contributed by atoms with Crippen molar-refractivity contribution in [1.82, 2.24) is 0 Å². The molecule has 1 unspecified atom stereocenters. The van der Waals surface area contributed by atoms with Crippen molar-refractivity contribution in [3.63, 3.8) is 0 Å². The summed E-state index contributed by atoms with van der Waals surface area (Å²) in [6.07, 6.45) is 7.01. The molecule has 1 aliphatic rings. The first kappa shape index (κ1) is 12.2. The van der Waals surface area contributed by atoms with Crippen molar-refractivity contribution in [2.24, 2.45) is 5.92 Å². The summed E-state index contributed by atoms with van der Waals surface area (Å²) in [5.41, 5.74) is 0.909. The number of phenols is 1. The van der Waals surface area contributed by atoms with E-state index in [-0.39, 0.29) is 5.92 Å². The number of carbonyl (C=O) groups excluding carboxylic acids is 1. The third kappa shape index (κ3) is 3.32. The average Bonchev–Trinajstić information content (AvgIpc) is 2.31. The van der Waals surface area contributed by atoms with Crippen LogP contribution in [0.15, 0.2) is 24.3 Å². The number of rotatable bonds is 2. The first-order chi connectivity index (χ1) is 8.27. The van der Waals surface area contributed by atoms with Gasteiger partial charge in [-0.3, -0.25) is 4.79 Å². The van der Waals surface area contributed by atoms with Gasteiger partial charge in [-0.1, -0.05) is 37.5 Å². The fourth-order valence-electron chi connectivity index (χ4n) is 2.57. The number of benzene rings is 1. The predicted octanol–water partition coefficient (Wildman–Crippen LogP) is 3.47. The lowest BCUT2D eigenvalue weighted by Gasteiger charge is -2.19. The van der Waals surface area contributed by atoms with Crippen LogP contribution in [0.2, 0.25) is 0 Å². The summed E-state index contributed by atoms with van der Waals surface area (Å²) in [6.45, 7) is 0. The summed E-state index contributed by atoms with van der Waals surface area (Å²) < 4.78 is 0. The zero-order valence-electron chi connectivity index (χ0n) is 10.2. The van der Waals surface area contributed by atoms with Crippen LogP contribution in [-0.4, -0.2) is 10.9 Å². The molecule has 0 bridgehead atoms. The van der Waals surface area contributed by atoms with E-state index in [1.807, 2.05) is 18.2 Å². The highest BCUT2D eigenvalue weighted by atomic mass is 16.3. The molecule has 2 rings (SSSR count). The molecule has 1 N–H and O–H groups in total. The van der Waals surface area contributed by atoms with Crippen LogP contribution in [0, 0.1) is 5.92 Å². The van der Waals surface area contributed by atoms with E-state index in [9.17, 15) is 9.90 Å². The highest BCUT2D eigenvalue weighted by Gasteiger charge is 2.20. The smallest absolute Gasteiger partial charge is 0.136 e. The maximum absolute atomic E-state index is 12.0. The fraction of sp³-hybridized carbons (Fsp3) is 0.533. The lowest BCUT2D eigenvalue weighted by Crippen LogP contribution is -2.18. The van der Waals surface area contributed by atoms with Crippen molar-refractivity contribution in [2.75, 3.05) is 0 Å². The lowest BCUT2D eigenvalue weighted by molar-refractivity contribution is -0.123. The molecule has 0 radical (unpaired) electrons. The van der Waals surface area contributed by atoms with Gasteiger partial charge < -0.3 is 5.11 Å². The van der Waals surface area contributed by atoms with E-state index >= 15 is 0 Å². The first-order valence-corrected chi connectivity index (χ1v) is 6.57. The summed E-state index contributed by atoms with van der Waals surface area (Å²) in [4.78, 5) is 12.0. The Morgan fingerprint density at radius 3 is 2.71 bits per heavy atom. The highest BCUT2D eigenvalue weighted by Crippen LogP contribution is 2.26. The molecule has 1 aliphatic carbocycles.